The molecule has 4 amide bonds. The minimum atomic E-state index is -1.78. The number of carbonyl (C=O) groups is 8. The van der Waals surface area contributed by atoms with Crippen molar-refractivity contribution in [2.45, 2.75) is 366 Å². The lowest BCUT2D eigenvalue weighted by atomic mass is 9.73. The molecule has 0 N–H and O–H groups in total. The van der Waals surface area contributed by atoms with Gasteiger partial charge in [-0.2, -0.15) is 0 Å². The Bertz CT molecular complexity index is 4180. The van der Waals surface area contributed by atoms with E-state index in [4.69, 9.17) is 66.3 Å². The van der Waals surface area contributed by atoms with E-state index in [1.165, 1.54) is 0 Å². The van der Waals surface area contributed by atoms with Gasteiger partial charge in [-0.1, -0.05) is 155 Å². The van der Waals surface area contributed by atoms with Gasteiger partial charge in [0.15, 0.2) is 35.3 Å². The molecule has 2 saturated carbocycles. The molecule has 0 spiro atoms. The molecule has 2 aliphatic carbocycles. The quantitative estimate of drug-likeness (QED) is 0.0231. The Labute approximate surface area is 804 Å². The number of carbonyl (C=O) groups excluding carboxylic acids is 8. The minimum Gasteiger partial charge on any atom is -0.457 e. The number of Topliss-reactive ketones (excluding diaryl/α,β-unsaturated/α-hetero) is 2. The number of fused-ring (bicyclic) bond motifs is 2. The molecule has 6 saturated heterocycles. The van der Waals surface area contributed by atoms with Crippen LogP contribution in [-0.4, -0.2) is 339 Å². The van der Waals surface area contributed by atoms with Crippen LogP contribution in [-0.2, 0) is 98.7 Å². The van der Waals surface area contributed by atoms with Crippen LogP contribution in [0.3, 0.4) is 0 Å². The SMILES string of the molecule is CC[C@H]1OC(=O)C(C)(C)C(=O)[C@H](C)[C@@H](O[C@@H]2O[C@H](CN(C(=O)OCc3ccccc3)C3CC3)CC(N(C)C)[C@H]2C)[C@](C)(OC)C[C@@H](C)CN(C)[C@H](C)[C@H]2N(COCC[Si](C)(C)C)C(=O)O[C@]12C.CC[C@H]1OC(=O)C(C)(COCC[Si](C)(C)C)C(=O)[C@H](C)[C@@H](O[C@@H]2O[C@H](CN(C(=O)OCc3ccccc3)C3CC3)CC(N(C)C)[C@H]2C)[C@](C)(OC)C[C@@H](C)CN(C)[C@H](C)[C@H]2N(C)C(=O)O[C@]12C. The zero-order valence-corrected chi connectivity index (χ0v) is 89.6. The number of ketones is 2. The molecule has 0 aromatic heterocycles. The van der Waals surface area contributed by atoms with Gasteiger partial charge in [-0.25, -0.2) is 19.2 Å². The summed E-state index contributed by atoms with van der Waals surface area (Å²) in [6, 6.07) is 19.7. The number of ether oxygens (including phenoxy) is 14. The summed E-state index contributed by atoms with van der Waals surface area (Å²) in [5, 5.41) is 0. The summed E-state index contributed by atoms with van der Waals surface area (Å²) in [5.41, 5.74) is -6.20. The lowest BCUT2D eigenvalue weighted by Gasteiger charge is -2.48. The highest BCUT2D eigenvalue weighted by molar-refractivity contribution is 6.76. The second-order valence-electron chi connectivity index (χ2n) is 45.1. The number of cyclic esters (lactones) is 2. The Morgan fingerprint density at radius 3 is 1.30 bits per heavy atom. The van der Waals surface area contributed by atoms with Crippen molar-refractivity contribution in [3.05, 3.63) is 71.8 Å². The van der Waals surface area contributed by atoms with Crippen molar-refractivity contribution in [3.63, 3.8) is 0 Å². The second-order valence-corrected chi connectivity index (χ2v) is 56.4. The van der Waals surface area contributed by atoms with Crippen molar-refractivity contribution < 1.29 is 105 Å². The number of amides is 4. The fourth-order valence-electron chi connectivity index (χ4n) is 21.7. The largest absolute Gasteiger partial charge is 0.457 e. The van der Waals surface area contributed by atoms with Gasteiger partial charge >= 0.3 is 36.3 Å². The van der Waals surface area contributed by atoms with Gasteiger partial charge < -0.3 is 101 Å². The summed E-state index contributed by atoms with van der Waals surface area (Å²) < 4.78 is 90.9. The van der Waals surface area contributed by atoms with E-state index < -0.39 is 152 Å². The molecule has 0 bridgehead atoms. The third-order valence-electron chi connectivity index (χ3n) is 30.5. The molecule has 2 aromatic carbocycles. The molecule has 8 aliphatic rings. The highest BCUT2D eigenvalue weighted by Gasteiger charge is 2.64. The highest BCUT2D eigenvalue weighted by Crippen LogP contribution is 2.48. The highest BCUT2D eigenvalue weighted by atomic mass is 28.3. The Morgan fingerprint density at radius 2 is 0.903 bits per heavy atom. The van der Waals surface area contributed by atoms with Crippen molar-refractivity contribution in [1.82, 2.24) is 39.2 Å². The van der Waals surface area contributed by atoms with E-state index in [-0.39, 0.29) is 104 Å². The van der Waals surface area contributed by atoms with Crippen LogP contribution in [0.25, 0.3) is 0 Å². The zero-order chi connectivity index (χ0) is 99.6. The fraction of sp³-hybridized carbons (Fsp3) is 0.804. The molecule has 8 fully saturated rings. The molecule has 0 radical (unpaired) electrons. The summed E-state index contributed by atoms with van der Waals surface area (Å²) in [5.74, 6) is -4.36. The van der Waals surface area contributed by atoms with Crippen molar-refractivity contribution in [2.75, 3.05) is 116 Å². The predicted molar refractivity (Wildman–Crippen MR) is 520 cm³/mol. The molecule has 30 nitrogen and oxygen atoms in total. The van der Waals surface area contributed by atoms with Gasteiger partial charge in [0.1, 0.15) is 43.0 Å². The molecule has 10 rings (SSSR count). The van der Waals surface area contributed by atoms with E-state index >= 15 is 14.4 Å². The lowest BCUT2D eigenvalue weighted by Crippen LogP contribution is -2.61. The van der Waals surface area contributed by atoms with Gasteiger partial charge in [0, 0.05) is 124 Å². The standard InChI is InChI=1S/2C51H86N4O11Si/c1-17-41-51(8)42(54(12)47(58)66-51)36(5)53(11)29-33(2)28-50(7,60-13)44(35(4)43(56)49(6,46(57)64-41)32-61-25-26-67(14,15)16)65-45-34(3)40(52(9)10)27-39(63-45)30-55(38-23-24-38)48(59)62-31-37-21-19-18-20-22-37;1-17-41-51(9)42(55(48(59)66-51)32-61-25-26-67(14,15)16)36(5)53(12)29-33(2)28-50(8,60-13)44(35(4)43(56)49(6,7)46(57)64-41)65-45-34(3)40(52(10)11)27-39(63-45)30-54(38-23-24-38)47(58)62-31-37-21-19-18-20-22-37/h2*18-22,33-36,38-42,44-45H,17,23-32H2,1-16H3/t33-,34-,35+,36-,39+,40?,41-,42-,44-,45+,49?,50-,51-;33-,34-,35+,36-,39+,40?,41-,42-,44-,45+,50-,51-/m11/s1. The maximum Gasteiger partial charge on any atom is 0.412 e. The van der Waals surface area contributed by atoms with Gasteiger partial charge in [0.05, 0.1) is 67.4 Å². The Morgan fingerprint density at radius 1 is 0.515 bits per heavy atom. The van der Waals surface area contributed by atoms with Crippen molar-refractivity contribution in [1.29, 1.82) is 0 Å². The van der Waals surface area contributed by atoms with Gasteiger partial charge in [0.2, 0.25) is 0 Å². The maximum atomic E-state index is 15.6. The van der Waals surface area contributed by atoms with E-state index in [1.807, 2.05) is 151 Å². The van der Waals surface area contributed by atoms with Gasteiger partial charge in [-0.15, -0.1) is 0 Å². The molecule has 760 valence electrons. The molecule has 134 heavy (non-hydrogen) atoms. The van der Waals surface area contributed by atoms with Crippen LogP contribution >= 0.6 is 0 Å². The van der Waals surface area contributed by atoms with Crippen LogP contribution in [0.1, 0.15) is 193 Å². The number of hydrogen-bond donors (Lipinski definition) is 0. The van der Waals surface area contributed by atoms with Crippen LogP contribution in [0.4, 0.5) is 19.2 Å². The summed E-state index contributed by atoms with van der Waals surface area (Å²) >= 11 is 0. The van der Waals surface area contributed by atoms with Crippen LogP contribution in [0.5, 0.6) is 0 Å². The van der Waals surface area contributed by atoms with Crippen molar-refractivity contribution in [2.24, 2.45) is 46.3 Å². The third kappa shape index (κ3) is 27.1. The van der Waals surface area contributed by atoms with Crippen LogP contribution in [0, 0.1) is 46.3 Å². The summed E-state index contributed by atoms with van der Waals surface area (Å²) in [7, 11) is 14.3. The van der Waals surface area contributed by atoms with Gasteiger partial charge in [0.25, 0.3) is 0 Å². The predicted octanol–water partition coefficient (Wildman–Crippen LogP) is 15.8. The number of hydrogen-bond acceptors (Lipinski definition) is 26. The molecule has 6 heterocycles. The monoisotopic (exact) mass is 1920 g/mol. The van der Waals surface area contributed by atoms with Crippen molar-refractivity contribution >= 4 is 64.0 Å². The van der Waals surface area contributed by atoms with Crippen molar-refractivity contribution in [3.8, 4) is 0 Å². The summed E-state index contributed by atoms with van der Waals surface area (Å²) in [4.78, 5) is 131. The molecule has 32 heteroatoms. The second kappa shape index (κ2) is 46.4. The van der Waals surface area contributed by atoms with E-state index in [0.29, 0.717) is 77.9 Å². The molecular formula is C102H172N8O22Si2. The fourth-order valence-corrected chi connectivity index (χ4v) is 23.2. The average molecular weight is 1920 g/mol. The van der Waals surface area contributed by atoms with Crippen LogP contribution < -0.4 is 0 Å². The number of methoxy groups -OCH3 is 2. The number of rotatable bonds is 30. The first-order chi connectivity index (χ1) is 62.6. The zero-order valence-electron chi connectivity index (χ0n) is 87.6. The molecular weight excluding hydrogens is 1750 g/mol. The van der Waals surface area contributed by atoms with E-state index in [1.54, 1.807) is 68.6 Å². The molecule has 2 aromatic rings. The summed E-state index contributed by atoms with van der Waals surface area (Å²) in [6.45, 7) is 49.0. The van der Waals surface area contributed by atoms with E-state index in [2.05, 4.69) is 100 Å². The van der Waals surface area contributed by atoms with Gasteiger partial charge in [-0.05, 0) is 204 Å². The Hall–Kier alpha value is -6.25. The number of likely N-dealkylation sites (N-methyl/N-ethyl adjacent to an activating group) is 3. The number of nitrogens with zero attached hydrogens (tertiary/aromatic N) is 8. The van der Waals surface area contributed by atoms with Crippen LogP contribution in [0.2, 0.25) is 51.4 Å². The van der Waals surface area contributed by atoms with Crippen LogP contribution in [0.15, 0.2) is 60.7 Å². The molecule has 6 aliphatic heterocycles. The first kappa shape index (κ1) is 111. The third-order valence-corrected chi connectivity index (χ3v) is 33.9. The first-order valence-electron chi connectivity index (χ1n) is 49.6. The molecule has 3 unspecified atom stereocenters. The number of esters is 2. The van der Waals surface area contributed by atoms with E-state index in [9.17, 15) is 24.0 Å². The number of benzene rings is 2. The normalized spacial score (nSPS) is 35.5. The Balaban J connectivity index is 0.000000301. The summed E-state index contributed by atoms with van der Waals surface area (Å²) in [6.07, 6.45) is -1.21. The smallest absolute Gasteiger partial charge is 0.412 e. The minimum absolute atomic E-state index is 0.000283. The van der Waals surface area contributed by atoms with E-state index in [0.717, 1.165) is 48.9 Å². The maximum absolute atomic E-state index is 15.6. The topological polar surface area (TPSA) is 292 Å². The van der Waals surface area contributed by atoms with Gasteiger partial charge in [-0.3, -0.25) is 24.1 Å². The Kier molecular flexibility index (Phi) is 38.6. The lowest BCUT2D eigenvalue weighted by molar-refractivity contribution is -0.284. The molecule has 25 atom stereocenters. The first-order valence-corrected chi connectivity index (χ1v) is 57.0. The average Bonchev–Trinajstić information content (AvgIpc) is 1.58.